The molecule has 0 saturated heterocycles. The number of benzene rings is 2. The summed E-state index contributed by atoms with van der Waals surface area (Å²) >= 11 is 0. The van der Waals surface area contributed by atoms with Crippen molar-refractivity contribution in [2.75, 3.05) is 25.6 Å². The molecule has 1 N–H and O–H groups in total. The van der Waals surface area contributed by atoms with Crippen LogP contribution in [-0.2, 0) is 22.4 Å². The van der Waals surface area contributed by atoms with Gasteiger partial charge in [0.25, 0.3) is 0 Å². The predicted octanol–water partition coefficient (Wildman–Crippen LogP) is 5.15. The fourth-order valence-corrected chi connectivity index (χ4v) is 5.04. The van der Waals surface area contributed by atoms with E-state index in [4.69, 9.17) is 19.2 Å². The Balaban J connectivity index is 1.88. The summed E-state index contributed by atoms with van der Waals surface area (Å²) in [6.07, 6.45) is 1.89. The highest BCUT2D eigenvalue weighted by atomic mass is 16.5. The average Bonchev–Trinajstić information content (AvgIpc) is 3.12. The molecule has 0 fully saturated rings. The molecule has 2 aliphatic rings. The van der Waals surface area contributed by atoms with Gasteiger partial charge in [-0.1, -0.05) is 6.07 Å². The fourth-order valence-electron chi connectivity index (χ4n) is 5.04. The summed E-state index contributed by atoms with van der Waals surface area (Å²) in [5, 5.41) is 3.25. The highest BCUT2D eigenvalue weighted by Gasteiger charge is 2.40. The number of carbonyl (C=O) groups excluding carboxylic acids is 2. The molecule has 4 rings (SSSR count). The quantitative estimate of drug-likeness (QED) is 0.513. The minimum atomic E-state index is -0.435. The number of carbonyl (C=O) groups is 2. The zero-order chi connectivity index (χ0) is 26.3. The van der Waals surface area contributed by atoms with Crippen LogP contribution in [0.1, 0.15) is 80.6 Å². The fraction of sp³-hybridized carbons (Fsp3) is 0.483. The van der Waals surface area contributed by atoms with Crippen LogP contribution >= 0.6 is 0 Å². The summed E-state index contributed by atoms with van der Waals surface area (Å²) in [5.41, 5.74) is 5.49. The van der Waals surface area contributed by atoms with Gasteiger partial charge in [0.05, 0.1) is 30.5 Å². The Morgan fingerprint density at radius 1 is 1.14 bits per heavy atom. The van der Waals surface area contributed by atoms with Crippen molar-refractivity contribution in [3.8, 4) is 11.5 Å². The van der Waals surface area contributed by atoms with Gasteiger partial charge in [-0.3, -0.25) is 9.79 Å². The highest BCUT2D eigenvalue weighted by Crippen LogP contribution is 2.48. The lowest BCUT2D eigenvalue weighted by molar-refractivity contribution is -0.116. The maximum absolute atomic E-state index is 12.5. The number of methoxy groups -OCH3 is 1. The van der Waals surface area contributed by atoms with E-state index in [-0.39, 0.29) is 16.9 Å². The van der Waals surface area contributed by atoms with Crippen LogP contribution in [-0.4, -0.2) is 48.9 Å². The third kappa shape index (κ3) is 5.11. The van der Waals surface area contributed by atoms with Crippen molar-refractivity contribution in [1.82, 2.24) is 0 Å². The maximum Gasteiger partial charge on any atom is 0.339 e. The van der Waals surface area contributed by atoms with Gasteiger partial charge >= 0.3 is 5.97 Å². The van der Waals surface area contributed by atoms with E-state index in [2.05, 4.69) is 39.1 Å². The van der Waals surface area contributed by atoms with Crippen molar-refractivity contribution in [3.05, 3.63) is 52.1 Å². The summed E-state index contributed by atoms with van der Waals surface area (Å²) in [6, 6.07) is 7.71. The lowest BCUT2D eigenvalue weighted by atomic mass is 9.80. The molecular formula is C29H36N2O5. The zero-order valence-corrected chi connectivity index (χ0v) is 22.3. The molecule has 0 atom stereocenters. The number of fused-ring (bicyclic) bond motifs is 3. The number of hydrogen-bond donors (Lipinski definition) is 1. The van der Waals surface area contributed by atoms with Crippen molar-refractivity contribution in [2.24, 2.45) is 4.99 Å². The number of rotatable bonds is 8. The first-order valence-corrected chi connectivity index (χ1v) is 12.5. The van der Waals surface area contributed by atoms with Crippen LogP contribution < -0.4 is 14.8 Å². The second-order valence-corrected chi connectivity index (χ2v) is 10.8. The third-order valence-electron chi connectivity index (χ3n) is 6.47. The van der Waals surface area contributed by atoms with E-state index in [1.165, 1.54) is 12.7 Å². The van der Waals surface area contributed by atoms with E-state index in [0.29, 0.717) is 30.8 Å². The molecule has 0 bridgehead atoms. The van der Waals surface area contributed by atoms with E-state index in [0.717, 1.165) is 46.7 Å². The van der Waals surface area contributed by atoms with Gasteiger partial charge in [-0.2, -0.15) is 0 Å². The molecule has 0 amide bonds. The van der Waals surface area contributed by atoms with Crippen LogP contribution in [0.25, 0.3) is 0 Å². The summed E-state index contributed by atoms with van der Waals surface area (Å²) < 4.78 is 17.4. The third-order valence-corrected chi connectivity index (χ3v) is 6.47. The Morgan fingerprint density at radius 2 is 1.89 bits per heavy atom. The smallest absolute Gasteiger partial charge is 0.339 e. The second kappa shape index (κ2) is 9.60. The highest BCUT2D eigenvalue weighted by molar-refractivity contribution is 6.17. The number of ketones is 1. The monoisotopic (exact) mass is 492 g/mol. The van der Waals surface area contributed by atoms with Gasteiger partial charge in [0.1, 0.15) is 11.4 Å². The normalized spacial score (nSPS) is 16.8. The summed E-state index contributed by atoms with van der Waals surface area (Å²) in [5.74, 6) is 1.21. The standard InChI is InChI=1S/C29H36N2O5/c1-8-35-23-14-19-15-28(3,4)31-25(24(19)21-16-29(5,6)36-26(21)23)18-9-10-20(27(33)34-7)22(13-18)30-12-11-17(2)32/h9-10,13-14,30H,8,11-12,15-16H2,1-7H3. The van der Waals surface area contributed by atoms with Crippen LogP contribution in [0.5, 0.6) is 11.5 Å². The van der Waals surface area contributed by atoms with E-state index in [1.54, 1.807) is 13.0 Å². The van der Waals surface area contributed by atoms with Gasteiger partial charge in [0.15, 0.2) is 11.5 Å². The average molecular weight is 493 g/mol. The van der Waals surface area contributed by atoms with E-state index < -0.39 is 5.97 Å². The summed E-state index contributed by atoms with van der Waals surface area (Å²) in [7, 11) is 1.36. The molecule has 0 unspecified atom stereocenters. The zero-order valence-electron chi connectivity index (χ0n) is 22.3. The molecule has 0 saturated carbocycles. The van der Waals surface area contributed by atoms with Gasteiger partial charge in [0.2, 0.25) is 0 Å². The first-order valence-electron chi connectivity index (χ1n) is 12.5. The van der Waals surface area contributed by atoms with Crippen molar-refractivity contribution in [3.63, 3.8) is 0 Å². The van der Waals surface area contributed by atoms with Crippen molar-refractivity contribution in [1.29, 1.82) is 0 Å². The molecule has 192 valence electrons. The molecule has 2 aromatic rings. The summed E-state index contributed by atoms with van der Waals surface area (Å²) in [6.45, 7) is 12.9. The van der Waals surface area contributed by atoms with Crippen LogP contribution in [0.2, 0.25) is 0 Å². The van der Waals surface area contributed by atoms with Crippen LogP contribution in [0.15, 0.2) is 29.3 Å². The van der Waals surface area contributed by atoms with Crippen LogP contribution in [0.3, 0.4) is 0 Å². The second-order valence-electron chi connectivity index (χ2n) is 10.8. The molecule has 7 heteroatoms. The van der Waals surface area contributed by atoms with Gasteiger partial charge in [-0.15, -0.1) is 0 Å². The largest absolute Gasteiger partial charge is 0.490 e. The lowest BCUT2D eigenvalue weighted by Gasteiger charge is -2.31. The molecule has 2 aliphatic heterocycles. The predicted molar refractivity (Wildman–Crippen MR) is 141 cm³/mol. The molecule has 0 aromatic heterocycles. The first kappa shape index (κ1) is 25.7. The Kier molecular flexibility index (Phi) is 6.86. The molecule has 0 aliphatic carbocycles. The SMILES string of the molecule is CCOc1cc2c(c3c1OC(C)(C)C3)C(c1ccc(C(=O)OC)c(NCCC(C)=O)c1)=NC(C)(C)C2. The molecule has 36 heavy (non-hydrogen) atoms. The number of nitrogens with zero attached hydrogens (tertiary/aromatic N) is 1. The molecule has 0 radical (unpaired) electrons. The topological polar surface area (TPSA) is 86.2 Å². The number of hydrogen-bond acceptors (Lipinski definition) is 7. The van der Waals surface area contributed by atoms with Crippen LogP contribution in [0, 0.1) is 0 Å². The lowest BCUT2D eigenvalue weighted by Crippen LogP contribution is -2.30. The van der Waals surface area contributed by atoms with Gasteiger partial charge in [-0.25, -0.2) is 4.79 Å². The number of esters is 1. The van der Waals surface area contributed by atoms with E-state index in [1.807, 2.05) is 19.1 Å². The number of anilines is 1. The Morgan fingerprint density at radius 3 is 2.56 bits per heavy atom. The number of aliphatic imine (C=N–C) groups is 1. The van der Waals surface area contributed by atoms with E-state index >= 15 is 0 Å². The minimum absolute atomic E-state index is 0.0777. The molecule has 2 heterocycles. The number of Topliss-reactive ketones (excluding diaryl/α,β-unsaturated/α-hetero) is 1. The van der Waals surface area contributed by atoms with Crippen LogP contribution in [0.4, 0.5) is 5.69 Å². The molecule has 2 aromatic carbocycles. The number of ether oxygens (including phenoxy) is 3. The molecule has 7 nitrogen and oxygen atoms in total. The van der Waals surface area contributed by atoms with Crippen molar-refractivity contribution in [2.45, 2.75) is 71.9 Å². The Hall–Kier alpha value is -3.35. The van der Waals surface area contributed by atoms with Crippen molar-refractivity contribution < 1.29 is 23.8 Å². The van der Waals surface area contributed by atoms with E-state index in [9.17, 15) is 9.59 Å². The molecular weight excluding hydrogens is 456 g/mol. The maximum atomic E-state index is 12.5. The van der Waals surface area contributed by atoms with Gasteiger partial charge in [-0.05, 0) is 71.7 Å². The number of nitrogens with one attached hydrogen (secondary N) is 1. The minimum Gasteiger partial charge on any atom is -0.490 e. The van der Waals surface area contributed by atoms with Gasteiger partial charge < -0.3 is 19.5 Å². The van der Waals surface area contributed by atoms with Gasteiger partial charge in [0, 0.05) is 41.8 Å². The Labute approximate surface area is 213 Å². The first-order chi connectivity index (χ1) is 16.9. The van der Waals surface area contributed by atoms with Crippen molar-refractivity contribution >= 4 is 23.2 Å². The Bertz CT molecular complexity index is 1240. The molecule has 0 spiro atoms. The summed E-state index contributed by atoms with van der Waals surface area (Å²) in [4.78, 5) is 29.1.